The fourth-order valence-electron chi connectivity index (χ4n) is 6.56. The van der Waals surface area contributed by atoms with E-state index < -0.39 is 5.60 Å². The Morgan fingerprint density at radius 2 is 1.46 bits per heavy atom. The van der Waals surface area contributed by atoms with Crippen LogP contribution in [0, 0.1) is 12.7 Å². The summed E-state index contributed by atoms with van der Waals surface area (Å²) in [5.74, 6) is 1.35. The summed E-state index contributed by atoms with van der Waals surface area (Å²) >= 11 is 0. The van der Waals surface area contributed by atoms with Gasteiger partial charge >= 0.3 is 0 Å². The Balaban J connectivity index is 1.54. The van der Waals surface area contributed by atoms with Crippen LogP contribution in [-0.4, -0.2) is 7.11 Å². The summed E-state index contributed by atoms with van der Waals surface area (Å²) in [5, 5.41) is 2.25. The summed E-state index contributed by atoms with van der Waals surface area (Å²) in [4.78, 5) is 0. The SMILES string of the molecule is COc1ccc(C2(c3ccc(F)cc3)C=Cc3c4c(c5ccccc5c3O2)-c2ccc(C)cc2C4(C)C)cc1. The van der Waals surface area contributed by atoms with Gasteiger partial charge in [-0.1, -0.05) is 92.2 Å². The number of aryl methyl sites for hydroxylation is 1. The maximum atomic E-state index is 14.0. The molecule has 0 radical (unpaired) electrons. The van der Waals surface area contributed by atoms with E-state index in [-0.39, 0.29) is 11.2 Å². The van der Waals surface area contributed by atoms with Crippen molar-refractivity contribution in [3.05, 3.63) is 136 Å². The number of ether oxygens (including phenoxy) is 2. The van der Waals surface area contributed by atoms with E-state index in [1.54, 1.807) is 7.11 Å². The molecule has 1 unspecified atom stereocenters. The molecule has 2 aliphatic rings. The predicted octanol–water partition coefficient (Wildman–Crippen LogP) is 8.95. The van der Waals surface area contributed by atoms with Crippen molar-refractivity contribution in [1.82, 2.24) is 0 Å². The molecule has 0 saturated heterocycles. The molecule has 0 spiro atoms. The van der Waals surface area contributed by atoms with Gasteiger partial charge in [0, 0.05) is 27.5 Å². The van der Waals surface area contributed by atoms with Crippen molar-refractivity contribution in [2.45, 2.75) is 31.8 Å². The summed E-state index contributed by atoms with van der Waals surface area (Å²) < 4.78 is 26.7. The Morgan fingerprint density at radius 1 is 0.795 bits per heavy atom. The van der Waals surface area contributed by atoms with Gasteiger partial charge in [-0.05, 0) is 64.9 Å². The highest BCUT2D eigenvalue weighted by molar-refractivity contribution is 6.08. The second kappa shape index (κ2) is 8.31. The Hall–Kier alpha value is -4.37. The first-order valence-corrected chi connectivity index (χ1v) is 13.3. The Labute approximate surface area is 228 Å². The van der Waals surface area contributed by atoms with Crippen LogP contribution in [0.25, 0.3) is 28.0 Å². The molecule has 1 aliphatic heterocycles. The third-order valence-electron chi connectivity index (χ3n) is 8.49. The summed E-state index contributed by atoms with van der Waals surface area (Å²) in [5.41, 5.74) is 8.24. The fourth-order valence-corrected chi connectivity index (χ4v) is 6.56. The lowest BCUT2D eigenvalue weighted by Crippen LogP contribution is -2.35. The molecule has 5 aromatic carbocycles. The normalized spacial score (nSPS) is 18.3. The van der Waals surface area contributed by atoms with Gasteiger partial charge in [-0.3, -0.25) is 0 Å². The molecule has 0 N–H and O–H groups in total. The number of benzene rings is 5. The zero-order chi connectivity index (χ0) is 26.9. The van der Waals surface area contributed by atoms with Crippen molar-refractivity contribution in [2.24, 2.45) is 0 Å². The van der Waals surface area contributed by atoms with Crippen LogP contribution in [0.5, 0.6) is 11.5 Å². The number of hydrogen-bond donors (Lipinski definition) is 0. The zero-order valence-electron chi connectivity index (χ0n) is 22.5. The first-order valence-electron chi connectivity index (χ1n) is 13.3. The lowest BCUT2D eigenvalue weighted by molar-refractivity contribution is 0.163. The number of methoxy groups -OCH3 is 1. The molecular weight excluding hydrogens is 483 g/mol. The average Bonchev–Trinajstić information content (AvgIpc) is 3.19. The molecule has 5 aromatic rings. The second-order valence-electron chi connectivity index (χ2n) is 11.1. The van der Waals surface area contributed by atoms with Gasteiger partial charge in [0.05, 0.1) is 7.11 Å². The van der Waals surface area contributed by atoms with Crippen molar-refractivity contribution in [2.75, 3.05) is 7.11 Å². The van der Waals surface area contributed by atoms with E-state index in [9.17, 15) is 4.39 Å². The second-order valence-corrected chi connectivity index (χ2v) is 11.1. The predicted molar refractivity (Wildman–Crippen MR) is 156 cm³/mol. The van der Waals surface area contributed by atoms with Crippen LogP contribution in [0.3, 0.4) is 0 Å². The van der Waals surface area contributed by atoms with E-state index in [0.717, 1.165) is 33.6 Å². The highest BCUT2D eigenvalue weighted by Crippen LogP contribution is 2.58. The van der Waals surface area contributed by atoms with Crippen molar-refractivity contribution in [1.29, 1.82) is 0 Å². The standard InChI is InChI=1S/C36H29FO2/c1-22-9-18-29-31(21-22)35(2,3)33-30-19-20-36(23-10-14-25(37)15-11-23,24-12-16-26(38-4)17-13-24)39-34(30)28-8-6-5-7-27(28)32(29)33/h5-21H,1-4H3. The van der Waals surface area contributed by atoms with Crippen LogP contribution in [0.15, 0.2) is 97.1 Å². The van der Waals surface area contributed by atoms with Gasteiger partial charge in [-0.15, -0.1) is 0 Å². The van der Waals surface area contributed by atoms with Gasteiger partial charge in [0.15, 0.2) is 5.60 Å². The highest BCUT2D eigenvalue weighted by atomic mass is 19.1. The van der Waals surface area contributed by atoms with Crippen molar-refractivity contribution >= 4 is 16.8 Å². The Kier molecular flexibility index (Phi) is 5.06. The van der Waals surface area contributed by atoms with Crippen molar-refractivity contribution in [3.8, 4) is 22.6 Å². The molecule has 7 rings (SSSR count). The maximum Gasteiger partial charge on any atom is 0.178 e. The first kappa shape index (κ1) is 23.7. The minimum Gasteiger partial charge on any atom is -0.497 e. The first-order chi connectivity index (χ1) is 18.8. The topological polar surface area (TPSA) is 18.5 Å². The number of fused-ring (bicyclic) bond motifs is 8. The largest absolute Gasteiger partial charge is 0.497 e. The quantitative estimate of drug-likeness (QED) is 0.240. The molecule has 0 aromatic heterocycles. The smallest absolute Gasteiger partial charge is 0.178 e. The van der Waals surface area contributed by atoms with Crippen LogP contribution in [0.4, 0.5) is 4.39 Å². The number of hydrogen-bond acceptors (Lipinski definition) is 2. The third kappa shape index (κ3) is 3.32. The molecule has 192 valence electrons. The van der Waals surface area contributed by atoms with Gasteiger partial charge in [-0.25, -0.2) is 4.39 Å². The third-order valence-corrected chi connectivity index (χ3v) is 8.49. The Bertz CT molecular complexity index is 1800. The van der Waals surface area contributed by atoms with Gasteiger partial charge in [0.25, 0.3) is 0 Å². The lowest BCUT2D eigenvalue weighted by atomic mass is 9.76. The molecule has 0 amide bonds. The molecule has 0 fully saturated rings. The van der Waals surface area contributed by atoms with Gasteiger partial charge in [0.1, 0.15) is 17.3 Å². The highest BCUT2D eigenvalue weighted by Gasteiger charge is 2.44. The van der Waals surface area contributed by atoms with Crippen LogP contribution in [0.1, 0.15) is 47.2 Å². The lowest BCUT2D eigenvalue weighted by Gasteiger charge is -2.38. The number of halogens is 1. The van der Waals surface area contributed by atoms with Crippen molar-refractivity contribution < 1.29 is 13.9 Å². The molecule has 2 nitrogen and oxygen atoms in total. The van der Waals surface area contributed by atoms with Crippen LogP contribution < -0.4 is 9.47 Å². The molecule has 3 heteroatoms. The molecular formula is C36H29FO2. The molecule has 0 bridgehead atoms. The van der Waals surface area contributed by atoms with Gasteiger partial charge < -0.3 is 9.47 Å². The fraction of sp³-hybridized carbons (Fsp3) is 0.167. The van der Waals surface area contributed by atoms with E-state index >= 15 is 0 Å². The average molecular weight is 513 g/mol. The molecule has 1 aliphatic carbocycles. The summed E-state index contributed by atoms with van der Waals surface area (Å²) in [6, 6.07) is 29.9. The number of rotatable bonds is 3. The molecule has 1 atom stereocenters. The summed E-state index contributed by atoms with van der Waals surface area (Å²) in [6.45, 7) is 6.78. The van der Waals surface area contributed by atoms with E-state index in [2.05, 4.69) is 75.4 Å². The molecule has 0 saturated carbocycles. The Morgan fingerprint density at radius 3 is 2.15 bits per heavy atom. The monoisotopic (exact) mass is 512 g/mol. The molecule has 1 heterocycles. The molecule has 39 heavy (non-hydrogen) atoms. The van der Waals surface area contributed by atoms with E-state index in [1.165, 1.54) is 45.3 Å². The van der Waals surface area contributed by atoms with E-state index in [0.29, 0.717) is 0 Å². The van der Waals surface area contributed by atoms with Crippen LogP contribution in [0.2, 0.25) is 0 Å². The van der Waals surface area contributed by atoms with Gasteiger partial charge in [0.2, 0.25) is 0 Å². The zero-order valence-corrected chi connectivity index (χ0v) is 22.5. The summed E-state index contributed by atoms with van der Waals surface area (Å²) in [6.07, 6.45) is 4.35. The minimum absolute atomic E-state index is 0.200. The maximum absolute atomic E-state index is 14.0. The van der Waals surface area contributed by atoms with Crippen LogP contribution in [-0.2, 0) is 11.0 Å². The van der Waals surface area contributed by atoms with Crippen LogP contribution >= 0.6 is 0 Å². The van der Waals surface area contributed by atoms with E-state index in [4.69, 9.17) is 9.47 Å². The van der Waals surface area contributed by atoms with E-state index in [1.807, 2.05) is 36.4 Å². The van der Waals surface area contributed by atoms with Gasteiger partial charge in [-0.2, -0.15) is 0 Å². The summed E-state index contributed by atoms with van der Waals surface area (Å²) in [7, 11) is 1.66. The van der Waals surface area contributed by atoms with Crippen molar-refractivity contribution in [3.63, 3.8) is 0 Å². The minimum atomic E-state index is -0.934.